The third-order valence-corrected chi connectivity index (χ3v) is 4.98. The third kappa shape index (κ3) is 4.61. The minimum Gasteiger partial charge on any atom is -0.310 e. The lowest BCUT2D eigenvalue weighted by molar-refractivity contribution is -0.384. The van der Waals surface area contributed by atoms with Gasteiger partial charge in [-0.3, -0.25) is 20.0 Å². The fraction of sp³-hybridized carbons (Fsp3) is 0.421. The van der Waals surface area contributed by atoms with Gasteiger partial charge in [0.25, 0.3) is 5.69 Å². The van der Waals surface area contributed by atoms with E-state index in [-0.39, 0.29) is 10.6 Å². The molecular formula is C19H24N4O2. The molecule has 2 heterocycles. The maximum Gasteiger partial charge on any atom is 0.269 e. The van der Waals surface area contributed by atoms with Crippen molar-refractivity contribution in [2.75, 3.05) is 13.1 Å². The lowest BCUT2D eigenvalue weighted by atomic mass is 10.0. The van der Waals surface area contributed by atoms with Crippen LogP contribution in [0.2, 0.25) is 0 Å². The average molecular weight is 340 g/mol. The van der Waals surface area contributed by atoms with E-state index in [4.69, 9.17) is 0 Å². The van der Waals surface area contributed by atoms with Crippen molar-refractivity contribution in [2.24, 2.45) is 0 Å². The summed E-state index contributed by atoms with van der Waals surface area (Å²) in [5, 5.41) is 14.4. The van der Waals surface area contributed by atoms with Crippen LogP contribution in [0.1, 0.15) is 36.9 Å². The summed E-state index contributed by atoms with van der Waals surface area (Å²) in [4.78, 5) is 17.1. The quantitative estimate of drug-likeness (QED) is 0.645. The van der Waals surface area contributed by atoms with E-state index in [2.05, 4.69) is 34.3 Å². The van der Waals surface area contributed by atoms with E-state index >= 15 is 0 Å². The van der Waals surface area contributed by atoms with Gasteiger partial charge in [0.05, 0.1) is 4.92 Å². The Kier molecular flexibility index (Phi) is 5.73. The Bertz CT molecular complexity index is 700. The number of aromatic nitrogens is 1. The van der Waals surface area contributed by atoms with Crippen LogP contribution in [-0.4, -0.2) is 33.9 Å². The molecule has 0 bridgehead atoms. The van der Waals surface area contributed by atoms with Crippen molar-refractivity contribution in [2.45, 2.75) is 38.4 Å². The number of nitrogens with zero attached hydrogens (tertiary/aromatic N) is 3. The Labute approximate surface area is 148 Å². The summed E-state index contributed by atoms with van der Waals surface area (Å²) in [6.07, 6.45) is 5.87. The van der Waals surface area contributed by atoms with Gasteiger partial charge in [0.2, 0.25) is 0 Å². The Morgan fingerprint density at radius 3 is 2.68 bits per heavy atom. The fourth-order valence-corrected chi connectivity index (χ4v) is 3.39. The summed E-state index contributed by atoms with van der Waals surface area (Å²) < 4.78 is 0. The molecule has 0 aliphatic carbocycles. The lowest BCUT2D eigenvalue weighted by Crippen LogP contribution is -2.43. The Hall–Kier alpha value is -2.31. The standard InChI is InChI=1S/C19H24N4O2/c1-15(17-5-9-20-10-6-17)22-11-7-18(8-12-22)21-14-16-3-2-4-19(13-16)23(24)25/h2-6,9-10,13,15,18,21H,7-8,11-12,14H2,1H3/t15-/m0/s1. The number of pyridine rings is 1. The SMILES string of the molecule is C[C@@H](c1ccncc1)N1CCC(NCc2cccc([N+](=O)[O-])c2)CC1. The molecule has 0 spiro atoms. The summed E-state index contributed by atoms with van der Waals surface area (Å²) in [5.74, 6) is 0. The third-order valence-electron chi connectivity index (χ3n) is 4.98. The van der Waals surface area contributed by atoms with E-state index in [1.165, 1.54) is 11.6 Å². The largest absolute Gasteiger partial charge is 0.310 e. The van der Waals surface area contributed by atoms with Crippen LogP contribution < -0.4 is 5.32 Å². The molecule has 132 valence electrons. The van der Waals surface area contributed by atoms with Gasteiger partial charge in [-0.05, 0) is 43.0 Å². The molecule has 1 aliphatic heterocycles. The molecule has 0 radical (unpaired) electrons. The molecule has 0 saturated carbocycles. The second-order valence-corrected chi connectivity index (χ2v) is 6.57. The monoisotopic (exact) mass is 340 g/mol. The molecule has 0 amide bonds. The predicted molar refractivity (Wildman–Crippen MR) is 97.2 cm³/mol. The molecule has 1 aromatic heterocycles. The van der Waals surface area contributed by atoms with Gasteiger partial charge in [-0.1, -0.05) is 12.1 Å². The number of rotatable bonds is 6. The zero-order valence-electron chi connectivity index (χ0n) is 14.5. The van der Waals surface area contributed by atoms with Crippen LogP contribution in [0, 0.1) is 10.1 Å². The Balaban J connectivity index is 1.48. The summed E-state index contributed by atoms with van der Waals surface area (Å²) in [6.45, 7) is 5.02. The van der Waals surface area contributed by atoms with Crippen LogP contribution >= 0.6 is 0 Å². The van der Waals surface area contributed by atoms with Gasteiger partial charge in [0, 0.05) is 56.2 Å². The first kappa shape index (κ1) is 17.5. The average Bonchev–Trinajstić information content (AvgIpc) is 2.67. The van der Waals surface area contributed by atoms with Crippen molar-refractivity contribution in [1.29, 1.82) is 0 Å². The summed E-state index contributed by atoms with van der Waals surface area (Å²) in [7, 11) is 0. The minimum atomic E-state index is -0.345. The first-order valence-electron chi connectivity index (χ1n) is 8.74. The smallest absolute Gasteiger partial charge is 0.269 e. The van der Waals surface area contributed by atoms with E-state index in [0.717, 1.165) is 31.5 Å². The van der Waals surface area contributed by atoms with Gasteiger partial charge in [-0.2, -0.15) is 0 Å². The second kappa shape index (κ2) is 8.18. The predicted octanol–water partition coefficient (Wildman–Crippen LogP) is 3.31. The highest BCUT2D eigenvalue weighted by molar-refractivity contribution is 5.34. The number of hydrogen-bond donors (Lipinski definition) is 1. The van der Waals surface area contributed by atoms with Crippen LogP contribution in [0.15, 0.2) is 48.8 Å². The molecule has 1 N–H and O–H groups in total. The molecule has 1 atom stereocenters. The number of nitro benzene ring substituents is 1. The fourth-order valence-electron chi connectivity index (χ4n) is 3.39. The van der Waals surface area contributed by atoms with E-state index < -0.39 is 0 Å². The highest BCUT2D eigenvalue weighted by Crippen LogP contribution is 2.24. The molecular weight excluding hydrogens is 316 g/mol. The highest BCUT2D eigenvalue weighted by Gasteiger charge is 2.23. The van der Waals surface area contributed by atoms with Crippen LogP contribution in [0.25, 0.3) is 0 Å². The number of likely N-dealkylation sites (tertiary alicyclic amines) is 1. The minimum absolute atomic E-state index is 0.153. The molecule has 1 saturated heterocycles. The molecule has 0 unspecified atom stereocenters. The number of nitro groups is 1. The topological polar surface area (TPSA) is 71.3 Å². The molecule has 1 fully saturated rings. The summed E-state index contributed by atoms with van der Waals surface area (Å²) in [5.41, 5.74) is 2.42. The van der Waals surface area contributed by atoms with Gasteiger partial charge in [0.15, 0.2) is 0 Å². The number of hydrogen-bond acceptors (Lipinski definition) is 5. The van der Waals surface area contributed by atoms with Crippen LogP contribution in [-0.2, 0) is 6.54 Å². The first-order valence-corrected chi connectivity index (χ1v) is 8.74. The zero-order valence-corrected chi connectivity index (χ0v) is 14.5. The normalized spacial score (nSPS) is 17.3. The Morgan fingerprint density at radius 2 is 2.00 bits per heavy atom. The van der Waals surface area contributed by atoms with Crippen molar-refractivity contribution < 1.29 is 4.92 Å². The van der Waals surface area contributed by atoms with Crippen LogP contribution in [0.3, 0.4) is 0 Å². The summed E-state index contributed by atoms with van der Waals surface area (Å²) in [6, 6.07) is 11.9. The number of benzene rings is 1. The number of piperidine rings is 1. The van der Waals surface area contributed by atoms with Crippen LogP contribution in [0.4, 0.5) is 5.69 Å². The maximum atomic E-state index is 10.9. The van der Waals surface area contributed by atoms with Gasteiger partial charge < -0.3 is 5.32 Å². The molecule has 2 aromatic rings. The van der Waals surface area contributed by atoms with Gasteiger partial charge in [0.1, 0.15) is 0 Å². The molecule has 1 aliphatic rings. The molecule has 3 rings (SSSR count). The zero-order chi connectivity index (χ0) is 17.6. The maximum absolute atomic E-state index is 10.9. The Morgan fingerprint density at radius 1 is 1.28 bits per heavy atom. The number of non-ortho nitro benzene ring substituents is 1. The molecule has 6 nitrogen and oxygen atoms in total. The molecule has 6 heteroatoms. The number of nitrogens with one attached hydrogen (secondary N) is 1. The van der Waals surface area contributed by atoms with E-state index in [1.807, 2.05) is 18.5 Å². The van der Waals surface area contributed by atoms with Gasteiger partial charge in [-0.25, -0.2) is 0 Å². The lowest BCUT2D eigenvalue weighted by Gasteiger charge is -2.36. The van der Waals surface area contributed by atoms with E-state index in [0.29, 0.717) is 18.6 Å². The van der Waals surface area contributed by atoms with E-state index in [9.17, 15) is 10.1 Å². The highest BCUT2D eigenvalue weighted by atomic mass is 16.6. The van der Waals surface area contributed by atoms with Crippen molar-refractivity contribution >= 4 is 5.69 Å². The van der Waals surface area contributed by atoms with Crippen molar-refractivity contribution in [3.05, 3.63) is 70.0 Å². The second-order valence-electron chi connectivity index (χ2n) is 6.57. The van der Waals surface area contributed by atoms with Gasteiger partial charge >= 0.3 is 0 Å². The first-order chi connectivity index (χ1) is 12.1. The summed E-state index contributed by atoms with van der Waals surface area (Å²) >= 11 is 0. The van der Waals surface area contributed by atoms with Crippen LogP contribution in [0.5, 0.6) is 0 Å². The van der Waals surface area contributed by atoms with Crippen molar-refractivity contribution in [3.8, 4) is 0 Å². The van der Waals surface area contributed by atoms with Crippen molar-refractivity contribution in [1.82, 2.24) is 15.2 Å². The van der Waals surface area contributed by atoms with E-state index in [1.54, 1.807) is 12.1 Å². The molecule has 1 aromatic carbocycles. The van der Waals surface area contributed by atoms with Crippen molar-refractivity contribution in [3.63, 3.8) is 0 Å². The van der Waals surface area contributed by atoms with Gasteiger partial charge in [-0.15, -0.1) is 0 Å². The molecule has 25 heavy (non-hydrogen) atoms.